The zero-order valence-electron chi connectivity index (χ0n) is 11.4. The second-order valence-electron chi connectivity index (χ2n) is 4.74. The van der Waals surface area contributed by atoms with Crippen LogP contribution >= 0.6 is 0 Å². The van der Waals surface area contributed by atoms with E-state index in [-0.39, 0.29) is 0 Å². The van der Waals surface area contributed by atoms with Crippen molar-refractivity contribution in [2.24, 2.45) is 5.92 Å². The molecule has 0 saturated heterocycles. The fourth-order valence-corrected chi connectivity index (χ4v) is 1.56. The molecule has 0 fully saturated rings. The Morgan fingerprint density at radius 2 is 2.06 bits per heavy atom. The van der Waals surface area contributed by atoms with Crippen LogP contribution in [-0.2, 0) is 0 Å². The summed E-state index contributed by atoms with van der Waals surface area (Å²) >= 11 is 0. The van der Waals surface area contributed by atoms with Crippen LogP contribution < -0.4 is 10.1 Å². The molecule has 0 amide bonds. The first-order valence-electron chi connectivity index (χ1n) is 6.45. The summed E-state index contributed by atoms with van der Waals surface area (Å²) in [5, 5.41) is 3.36. The quantitative estimate of drug-likeness (QED) is 0.789. The number of rotatable bonds is 7. The van der Waals surface area contributed by atoms with Crippen molar-refractivity contribution in [3.8, 4) is 5.88 Å². The summed E-state index contributed by atoms with van der Waals surface area (Å²) < 4.78 is 5.58. The predicted molar refractivity (Wildman–Crippen MR) is 71.3 cm³/mol. The van der Waals surface area contributed by atoms with Gasteiger partial charge in [0.2, 0.25) is 5.88 Å². The zero-order valence-corrected chi connectivity index (χ0v) is 11.4. The third-order valence-electron chi connectivity index (χ3n) is 2.71. The molecule has 1 aromatic rings. The van der Waals surface area contributed by atoms with E-state index in [1.54, 1.807) is 0 Å². The average molecular weight is 236 g/mol. The summed E-state index contributed by atoms with van der Waals surface area (Å²) in [4.78, 5) is 4.32. The maximum atomic E-state index is 5.58. The first kappa shape index (κ1) is 14.0. The lowest BCUT2D eigenvalue weighted by Crippen LogP contribution is -2.17. The SMILES string of the molecule is CCNC(C)c1ccc(OCCC(C)C)nc1. The monoisotopic (exact) mass is 236 g/mol. The first-order valence-corrected chi connectivity index (χ1v) is 6.45. The van der Waals surface area contributed by atoms with Crippen LogP contribution in [0.1, 0.15) is 45.7 Å². The molecule has 0 aliphatic heterocycles. The largest absolute Gasteiger partial charge is 0.478 e. The minimum absolute atomic E-state index is 0.345. The van der Waals surface area contributed by atoms with Gasteiger partial charge >= 0.3 is 0 Å². The van der Waals surface area contributed by atoms with Crippen LogP contribution in [-0.4, -0.2) is 18.1 Å². The topological polar surface area (TPSA) is 34.1 Å². The number of nitrogens with zero attached hydrogens (tertiary/aromatic N) is 1. The molecule has 0 spiro atoms. The van der Waals surface area contributed by atoms with Crippen LogP contribution in [0.2, 0.25) is 0 Å². The molecule has 3 heteroatoms. The summed E-state index contributed by atoms with van der Waals surface area (Å²) in [5.74, 6) is 1.39. The number of nitrogens with one attached hydrogen (secondary N) is 1. The average Bonchev–Trinajstić information content (AvgIpc) is 2.30. The minimum Gasteiger partial charge on any atom is -0.478 e. The van der Waals surface area contributed by atoms with Gasteiger partial charge in [0.15, 0.2) is 0 Å². The molecule has 0 aromatic carbocycles. The third kappa shape index (κ3) is 5.18. The smallest absolute Gasteiger partial charge is 0.213 e. The Kier molecular flexibility index (Phi) is 5.98. The van der Waals surface area contributed by atoms with E-state index >= 15 is 0 Å². The maximum Gasteiger partial charge on any atom is 0.213 e. The van der Waals surface area contributed by atoms with Gasteiger partial charge in [-0.15, -0.1) is 0 Å². The summed E-state index contributed by atoms with van der Waals surface area (Å²) in [6.07, 6.45) is 2.95. The molecule has 1 rings (SSSR count). The molecule has 1 heterocycles. The van der Waals surface area contributed by atoms with Gasteiger partial charge in [0.05, 0.1) is 6.61 Å². The van der Waals surface area contributed by atoms with E-state index in [4.69, 9.17) is 4.74 Å². The molecule has 1 atom stereocenters. The normalized spacial score (nSPS) is 12.8. The number of hydrogen-bond donors (Lipinski definition) is 1. The molecule has 0 aliphatic rings. The van der Waals surface area contributed by atoms with Crippen molar-refractivity contribution in [3.05, 3.63) is 23.9 Å². The van der Waals surface area contributed by atoms with Crippen LogP contribution in [0.3, 0.4) is 0 Å². The molecule has 1 unspecified atom stereocenters. The Hall–Kier alpha value is -1.09. The number of pyridine rings is 1. The van der Waals surface area contributed by atoms with Crippen LogP contribution in [0, 0.1) is 5.92 Å². The van der Waals surface area contributed by atoms with Crippen molar-refractivity contribution in [2.45, 2.75) is 40.2 Å². The van der Waals surface area contributed by atoms with Crippen molar-refractivity contribution in [2.75, 3.05) is 13.2 Å². The van der Waals surface area contributed by atoms with Gasteiger partial charge in [0.25, 0.3) is 0 Å². The predicted octanol–water partition coefficient (Wildman–Crippen LogP) is 3.18. The number of ether oxygens (including phenoxy) is 1. The van der Waals surface area contributed by atoms with Gasteiger partial charge < -0.3 is 10.1 Å². The second kappa shape index (κ2) is 7.28. The second-order valence-corrected chi connectivity index (χ2v) is 4.74. The summed E-state index contributed by atoms with van der Waals surface area (Å²) in [6, 6.07) is 4.37. The highest BCUT2D eigenvalue weighted by Crippen LogP contribution is 2.14. The molecular weight excluding hydrogens is 212 g/mol. The zero-order chi connectivity index (χ0) is 12.7. The van der Waals surface area contributed by atoms with E-state index in [1.165, 1.54) is 5.56 Å². The molecule has 0 saturated carbocycles. The van der Waals surface area contributed by atoms with Crippen molar-refractivity contribution < 1.29 is 4.74 Å². The highest BCUT2D eigenvalue weighted by Gasteiger charge is 2.04. The van der Waals surface area contributed by atoms with Gasteiger partial charge in [0.1, 0.15) is 0 Å². The fourth-order valence-electron chi connectivity index (χ4n) is 1.56. The lowest BCUT2D eigenvalue weighted by Gasteiger charge is -2.13. The van der Waals surface area contributed by atoms with Gasteiger partial charge in [-0.25, -0.2) is 4.98 Å². The molecule has 0 aliphatic carbocycles. The van der Waals surface area contributed by atoms with E-state index < -0.39 is 0 Å². The summed E-state index contributed by atoms with van der Waals surface area (Å²) in [7, 11) is 0. The van der Waals surface area contributed by atoms with Gasteiger partial charge in [-0.05, 0) is 31.4 Å². The Balaban J connectivity index is 2.44. The van der Waals surface area contributed by atoms with Gasteiger partial charge in [0, 0.05) is 18.3 Å². The minimum atomic E-state index is 0.345. The Labute approximate surface area is 105 Å². The Bertz CT molecular complexity index is 309. The van der Waals surface area contributed by atoms with E-state index in [0.29, 0.717) is 12.0 Å². The van der Waals surface area contributed by atoms with E-state index in [0.717, 1.165) is 25.5 Å². The number of hydrogen-bond acceptors (Lipinski definition) is 3. The fraction of sp³-hybridized carbons (Fsp3) is 0.643. The Morgan fingerprint density at radius 3 is 2.59 bits per heavy atom. The van der Waals surface area contributed by atoms with Crippen molar-refractivity contribution in [1.29, 1.82) is 0 Å². The van der Waals surface area contributed by atoms with Crippen LogP contribution in [0.25, 0.3) is 0 Å². The molecule has 3 nitrogen and oxygen atoms in total. The van der Waals surface area contributed by atoms with Crippen molar-refractivity contribution >= 4 is 0 Å². The molecule has 1 aromatic heterocycles. The van der Waals surface area contributed by atoms with E-state index in [2.05, 4.69) is 44.1 Å². The van der Waals surface area contributed by atoms with Crippen LogP contribution in [0.15, 0.2) is 18.3 Å². The molecule has 96 valence electrons. The molecule has 1 N–H and O–H groups in total. The van der Waals surface area contributed by atoms with Gasteiger partial charge in [-0.3, -0.25) is 0 Å². The standard InChI is InChI=1S/C14H24N2O/c1-5-15-12(4)13-6-7-14(16-10-13)17-9-8-11(2)3/h6-7,10-12,15H,5,8-9H2,1-4H3. The van der Waals surface area contributed by atoms with Crippen LogP contribution in [0.4, 0.5) is 0 Å². The molecular formula is C14H24N2O. The van der Waals surface area contributed by atoms with E-state index in [9.17, 15) is 0 Å². The highest BCUT2D eigenvalue weighted by molar-refractivity contribution is 5.20. The highest BCUT2D eigenvalue weighted by atomic mass is 16.5. The van der Waals surface area contributed by atoms with Crippen molar-refractivity contribution in [1.82, 2.24) is 10.3 Å². The summed E-state index contributed by atoms with van der Waals surface area (Å²) in [6.45, 7) is 10.3. The van der Waals surface area contributed by atoms with Crippen LogP contribution in [0.5, 0.6) is 5.88 Å². The molecule has 0 bridgehead atoms. The molecule has 17 heavy (non-hydrogen) atoms. The summed E-state index contributed by atoms with van der Waals surface area (Å²) in [5.41, 5.74) is 1.20. The molecule has 0 radical (unpaired) electrons. The lowest BCUT2D eigenvalue weighted by atomic mass is 10.1. The lowest BCUT2D eigenvalue weighted by molar-refractivity contribution is 0.279. The van der Waals surface area contributed by atoms with Gasteiger partial charge in [-0.2, -0.15) is 0 Å². The first-order chi connectivity index (χ1) is 8.13. The van der Waals surface area contributed by atoms with E-state index in [1.807, 2.05) is 12.3 Å². The van der Waals surface area contributed by atoms with Gasteiger partial charge in [-0.1, -0.05) is 26.8 Å². The van der Waals surface area contributed by atoms with Crippen molar-refractivity contribution in [3.63, 3.8) is 0 Å². The third-order valence-corrected chi connectivity index (χ3v) is 2.71. The number of aromatic nitrogens is 1. The maximum absolute atomic E-state index is 5.58. The Morgan fingerprint density at radius 1 is 1.29 bits per heavy atom.